The van der Waals surface area contributed by atoms with E-state index in [2.05, 4.69) is 10.5 Å². The van der Waals surface area contributed by atoms with E-state index in [9.17, 15) is 15.6 Å². The van der Waals surface area contributed by atoms with Gasteiger partial charge < -0.3 is 5.11 Å². The van der Waals surface area contributed by atoms with Crippen LogP contribution in [0.25, 0.3) is 17.1 Å². The zero-order valence-electron chi connectivity index (χ0n) is 15.4. The number of aromatic nitrogens is 1. The molecule has 8 heteroatoms. The molecule has 7 nitrogen and oxygen atoms in total. The van der Waals surface area contributed by atoms with Crippen molar-refractivity contribution in [2.45, 2.75) is 6.92 Å². The third-order valence-electron chi connectivity index (χ3n) is 4.03. The Balaban J connectivity index is 2.19. The molecular weight excluding hydrogens is 384 g/mol. The summed E-state index contributed by atoms with van der Waals surface area (Å²) in [6, 6.07) is 22.1. The van der Waals surface area contributed by atoms with Gasteiger partial charge >= 0.3 is 0 Å². The van der Waals surface area contributed by atoms with Crippen LogP contribution in [-0.4, -0.2) is 15.4 Å². The second kappa shape index (κ2) is 8.70. The van der Waals surface area contributed by atoms with E-state index >= 15 is 0 Å². The maximum Gasteiger partial charge on any atom is 0.226 e. The second-order valence-corrected chi connectivity index (χ2v) is 6.88. The SMILES string of the molecule is C/C(=N\N/C(O)=c1\sc(=C(C#N)C#N)n(-c2ccccc2)c1=N)c1ccccc1. The molecule has 0 unspecified atom stereocenters. The van der Waals surface area contributed by atoms with Crippen LogP contribution in [0.3, 0.4) is 0 Å². The van der Waals surface area contributed by atoms with Gasteiger partial charge in [-0.25, -0.2) is 5.43 Å². The summed E-state index contributed by atoms with van der Waals surface area (Å²) in [4.78, 5) is 0. The number of nitriles is 2. The van der Waals surface area contributed by atoms with Gasteiger partial charge in [0.1, 0.15) is 21.3 Å². The highest BCUT2D eigenvalue weighted by atomic mass is 32.1. The number of para-hydroxylation sites is 1. The third-order valence-corrected chi connectivity index (χ3v) is 5.20. The van der Waals surface area contributed by atoms with E-state index in [1.54, 1.807) is 31.2 Å². The highest BCUT2D eigenvalue weighted by Gasteiger charge is 2.11. The number of thiazole rings is 1. The fraction of sp³-hybridized carbons (Fsp3) is 0.0476. The zero-order chi connectivity index (χ0) is 20.8. The summed E-state index contributed by atoms with van der Waals surface area (Å²) in [7, 11) is 0. The monoisotopic (exact) mass is 400 g/mol. The molecule has 0 spiro atoms. The number of benzene rings is 2. The molecule has 1 aromatic heterocycles. The molecule has 0 bridgehead atoms. The first-order chi connectivity index (χ1) is 14.1. The average molecular weight is 400 g/mol. The van der Waals surface area contributed by atoms with Crippen molar-refractivity contribution in [3.05, 3.63) is 80.9 Å². The van der Waals surface area contributed by atoms with Crippen LogP contribution >= 0.6 is 11.3 Å². The fourth-order valence-electron chi connectivity index (χ4n) is 2.59. The Bertz CT molecular complexity index is 1310. The Morgan fingerprint density at radius 1 is 1.07 bits per heavy atom. The first-order valence-electron chi connectivity index (χ1n) is 8.52. The molecule has 3 rings (SSSR count). The Hall–Kier alpha value is -4.14. The predicted molar refractivity (Wildman–Crippen MR) is 111 cm³/mol. The van der Waals surface area contributed by atoms with Gasteiger partial charge in [0, 0.05) is 5.69 Å². The van der Waals surface area contributed by atoms with Crippen LogP contribution in [0.5, 0.6) is 0 Å². The normalized spacial score (nSPS) is 11.9. The molecule has 0 aliphatic heterocycles. The van der Waals surface area contributed by atoms with E-state index in [1.165, 1.54) is 4.57 Å². The molecular formula is C21H16N6OS. The number of hydrogen-bond donors (Lipinski definition) is 3. The van der Waals surface area contributed by atoms with Crippen LogP contribution in [0.15, 0.2) is 65.8 Å². The van der Waals surface area contributed by atoms with Crippen molar-refractivity contribution >= 4 is 28.5 Å². The van der Waals surface area contributed by atoms with Gasteiger partial charge in [-0.2, -0.15) is 15.6 Å². The minimum Gasteiger partial charge on any atom is -0.493 e. The van der Waals surface area contributed by atoms with Crippen molar-refractivity contribution in [1.29, 1.82) is 15.9 Å². The smallest absolute Gasteiger partial charge is 0.226 e. The second-order valence-electron chi connectivity index (χ2n) is 5.88. The van der Waals surface area contributed by atoms with Gasteiger partial charge in [-0.3, -0.25) is 9.98 Å². The van der Waals surface area contributed by atoms with Gasteiger partial charge in [0.2, 0.25) is 5.88 Å². The largest absolute Gasteiger partial charge is 0.493 e. The van der Waals surface area contributed by atoms with E-state index in [1.807, 2.05) is 48.5 Å². The summed E-state index contributed by atoms with van der Waals surface area (Å²) in [6.07, 6.45) is 0. The number of aliphatic hydroxyl groups excluding tert-OH is 1. The lowest BCUT2D eigenvalue weighted by molar-refractivity contribution is 0.462. The first-order valence-corrected chi connectivity index (χ1v) is 9.33. The topological polar surface area (TPSA) is 121 Å². The minimum atomic E-state index is -0.332. The standard InChI is InChI=1S/C21H16N6OS/c1-14(15-8-4-2-5-9-15)25-26-20(28)18-19(24)27(17-10-6-3-7-11-17)21(29-18)16(12-22)13-23/h2-11,24,26,28H,1H3/b20-18+,24-19?,25-14+. The van der Waals surface area contributed by atoms with Gasteiger partial charge in [0.25, 0.3) is 0 Å². The summed E-state index contributed by atoms with van der Waals surface area (Å²) >= 11 is 0.968. The van der Waals surface area contributed by atoms with Crippen LogP contribution < -0.4 is 20.1 Å². The van der Waals surface area contributed by atoms with E-state index in [4.69, 9.17) is 5.41 Å². The number of rotatable bonds is 4. The van der Waals surface area contributed by atoms with Crippen molar-refractivity contribution in [3.63, 3.8) is 0 Å². The van der Waals surface area contributed by atoms with Gasteiger partial charge in [-0.1, -0.05) is 48.5 Å². The molecule has 0 saturated carbocycles. The average Bonchev–Trinajstić information content (AvgIpc) is 3.11. The van der Waals surface area contributed by atoms with Gasteiger partial charge in [-0.15, -0.1) is 11.3 Å². The highest BCUT2D eigenvalue weighted by molar-refractivity contribution is 7.07. The molecule has 0 fully saturated rings. The van der Waals surface area contributed by atoms with E-state index in [0.29, 0.717) is 11.4 Å². The van der Waals surface area contributed by atoms with Crippen LogP contribution in [0.4, 0.5) is 0 Å². The van der Waals surface area contributed by atoms with Crippen molar-refractivity contribution in [2.75, 3.05) is 0 Å². The molecule has 0 amide bonds. The Kier molecular flexibility index (Phi) is 5.88. The Morgan fingerprint density at radius 3 is 2.24 bits per heavy atom. The summed E-state index contributed by atoms with van der Waals surface area (Å²) in [5, 5.41) is 41.8. The van der Waals surface area contributed by atoms with Crippen LogP contribution in [0, 0.1) is 28.1 Å². The maximum atomic E-state index is 10.5. The molecule has 29 heavy (non-hydrogen) atoms. The van der Waals surface area contributed by atoms with Crippen LogP contribution in [0.2, 0.25) is 0 Å². The van der Waals surface area contributed by atoms with Crippen molar-refractivity contribution in [2.24, 2.45) is 5.10 Å². The lowest BCUT2D eigenvalue weighted by Crippen LogP contribution is -2.33. The van der Waals surface area contributed by atoms with Gasteiger partial charge in [0.05, 0.1) is 5.71 Å². The third kappa shape index (κ3) is 4.08. The molecule has 0 aliphatic carbocycles. The fourth-order valence-corrected chi connectivity index (χ4v) is 3.60. The van der Waals surface area contributed by atoms with Crippen molar-refractivity contribution in [3.8, 4) is 17.8 Å². The van der Waals surface area contributed by atoms with Gasteiger partial charge in [-0.05, 0) is 24.6 Å². The quantitative estimate of drug-likeness (QED) is 0.457. The molecule has 0 radical (unpaired) electrons. The van der Waals surface area contributed by atoms with E-state index in [0.717, 1.165) is 16.9 Å². The van der Waals surface area contributed by atoms with E-state index < -0.39 is 0 Å². The van der Waals surface area contributed by atoms with Gasteiger partial charge in [0.15, 0.2) is 11.1 Å². The number of nitrogens with one attached hydrogen (secondary N) is 2. The Labute approximate surface area is 170 Å². The summed E-state index contributed by atoms with van der Waals surface area (Å²) < 4.78 is 1.88. The van der Waals surface area contributed by atoms with Crippen molar-refractivity contribution in [1.82, 2.24) is 9.99 Å². The molecule has 0 atom stereocenters. The van der Waals surface area contributed by atoms with Crippen molar-refractivity contribution < 1.29 is 5.11 Å². The lowest BCUT2D eigenvalue weighted by Gasteiger charge is -2.03. The molecule has 2 aromatic carbocycles. The number of hydrogen-bond acceptors (Lipinski definition) is 7. The highest BCUT2D eigenvalue weighted by Crippen LogP contribution is 2.03. The maximum absolute atomic E-state index is 10.5. The van der Waals surface area contributed by atoms with E-state index in [-0.39, 0.29) is 26.1 Å². The molecule has 142 valence electrons. The van der Waals surface area contributed by atoms with Crippen LogP contribution in [0.1, 0.15) is 12.5 Å². The summed E-state index contributed by atoms with van der Waals surface area (Å²) in [5.74, 6) is -0.332. The number of hydrazone groups is 1. The lowest BCUT2D eigenvalue weighted by atomic mass is 10.1. The zero-order valence-corrected chi connectivity index (χ0v) is 16.2. The first kappa shape index (κ1) is 19.6. The molecule has 0 aliphatic rings. The Morgan fingerprint density at radius 2 is 1.66 bits per heavy atom. The summed E-state index contributed by atoms with van der Waals surface area (Å²) in [5.41, 5.74) is 4.51. The molecule has 1 heterocycles. The number of nitrogens with zero attached hydrogens (tertiary/aromatic N) is 4. The number of aliphatic hydroxyl groups is 1. The minimum absolute atomic E-state index is 0.0586. The summed E-state index contributed by atoms with van der Waals surface area (Å²) in [6.45, 7) is 1.79. The molecule has 0 saturated heterocycles. The molecule has 3 N–H and O–H groups in total. The van der Waals surface area contributed by atoms with Crippen LogP contribution in [-0.2, 0) is 0 Å². The predicted octanol–water partition coefficient (Wildman–Crippen LogP) is 1.85. The molecule has 3 aromatic rings.